The van der Waals surface area contributed by atoms with E-state index in [1.54, 1.807) is 28.1 Å². The molecule has 0 aliphatic rings. The van der Waals surface area contributed by atoms with Gasteiger partial charge in [-0.15, -0.1) is 0 Å². The zero-order valence-electron chi connectivity index (χ0n) is 14.6. The van der Waals surface area contributed by atoms with Crippen molar-refractivity contribution in [1.82, 2.24) is 15.1 Å². The molecule has 0 aliphatic heterocycles. The van der Waals surface area contributed by atoms with Crippen LogP contribution in [0.5, 0.6) is 5.75 Å². The fourth-order valence-corrected chi connectivity index (χ4v) is 2.71. The molecule has 3 rings (SSSR count). The Morgan fingerprint density at radius 1 is 1.32 bits per heavy atom. The first kappa shape index (κ1) is 17.0. The van der Waals surface area contributed by atoms with Crippen LogP contribution in [0.3, 0.4) is 0 Å². The van der Waals surface area contributed by atoms with Crippen LogP contribution in [0.1, 0.15) is 22.8 Å². The number of amides is 1. The van der Waals surface area contributed by atoms with Gasteiger partial charge in [-0.05, 0) is 25.5 Å². The lowest BCUT2D eigenvalue weighted by Crippen LogP contribution is -2.15. The van der Waals surface area contributed by atoms with Crippen molar-refractivity contribution < 1.29 is 18.8 Å². The molecule has 2 N–H and O–H groups in total. The Bertz CT molecular complexity index is 893. The number of imidazole rings is 1. The number of anilines is 1. The van der Waals surface area contributed by atoms with Gasteiger partial charge in [0.15, 0.2) is 5.76 Å². The molecule has 2 heterocycles. The average molecular weight is 344 g/mol. The third kappa shape index (κ3) is 3.34. The van der Waals surface area contributed by atoms with E-state index in [0.717, 1.165) is 11.1 Å². The van der Waals surface area contributed by atoms with E-state index in [4.69, 9.17) is 14.0 Å². The molecule has 1 amide bonds. The number of aromatic nitrogens is 3. The van der Waals surface area contributed by atoms with Crippen molar-refractivity contribution in [2.75, 3.05) is 19.5 Å². The Morgan fingerprint density at radius 3 is 2.76 bits per heavy atom. The van der Waals surface area contributed by atoms with E-state index in [9.17, 15) is 4.79 Å². The maximum atomic E-state index is 12.4. The van der Waals surface area contributed by atoms with Crippen molar-refractivity contribution in [3.63, 3.8) is 0 Å². The number of nitrogens with zero attached hydrogens (tertiary/aromatic N) is 2. The van der Waals surface area contributed by atoms with Crippen LogP contribution >= 0.6 is 0 Å². The van der Waals surface area contributed by atoms with Gasteiger partial charge in [-0.25, -0.2) is 4.98 Å². The number of nitrogens with one attached hydrogen (secondary N) is 2. The van der Waals surface area contributed by atoms with Crippen LogP contribution in [0.25, 0.3) is 11.0 Å². The van der Waals surface area contributed by atoms with Gasteiger partial charge in [-0.2, -0.15) is 0 Å². The molecule has 132 valence electrons. The topological polar surface area (TPSA) is 102 Å². The number of ether oxygens (including phenoxy) is 2. The van der Waals surface area contributed by atoms with Gasteiger partial charge in [0, 0.05) is 7.11 Å². The van der Waals surface area contributed by atoms with E-state index in [0.29, 0.717) is 40.8 Å². The van der Waals surface area contributed by atoms with Crippen molar-refractivity contribution in [3.05, 3.63) is 35.0 Å². The number of fused-ring (bicyclic) bond motifs is 1. The summed E-state index contributed by atoms with van der Waals surface area (Å²) < 4.78 is 15.5. The minimum atomic E-state index is -0.169. The third-order valence-corrected chi connectivity index (χ3v) is 3.89. The molecule has 8 heteroatoms. The molecule has 1 aromatic carbocycles. The zero-order chi connectivity index (χ0) is 18.0. The molecule has 3 aromatic rings. The molecular weight excluding hydrogens is 324 g/mol. The molecular formula is C17H20N4O4. The molecule has 0 saturated heterocycles. The Hall–Kier alpha value is -2.87. The van der Waals surface area contributed by atoms with Gasteiger partial charge in [-0.1, -0.05) is 11.2 Å². The summed E-state index contributed by atoms with van der Waals surface area (Å²) in [5.41, 5.74) is 3.49. The van der Waals surface area contributed by atoms with E-state index in [-0.39, 0.29) is 12.3 Å². The molecule has 0 unspecified atom stereocenters. The summed E-state index contributed by atoms with van der Waals surface area (Å²) in [4.78, 5) is 20.1. The standard InChI is InChI=1S/C17H20N4O4/c1-9-15(10(2)25-21-9)20-14(22)7-11-5-6-12(24-4)17-16(11)18-13(19-17)8-23-3/h5-6H,7-8H2,1-4H3,(H,18,19)(H,20,22). The van der Waals surface area contributed by atoms with E-state index in [1.807, 2.05) is 12.1 Å². The molecule has 0 saturated carbocycles. The monoisotopic (exact) mass is 344 g/mol. The number of hydrogen-bond acceptors (Lipinski definition) is 6. The van der Waals surface area contributed by atoms with Gasteiger partial charge < -0.3 is 24.3 Å². The van der Waals surface area contributed by atoms with Crippen LogP contribution in [0.4, 0.5) is 5.69 Å². The lowest BCUT2D eigenvalue weighted by molar-refractivity contribution is -0.115. The first-order valence-corrected chi connectivity index (χ1v) is 7.79. The molecule has 25 heavy (non-hydrogen) atoms. The van der Waals surface area contributed by atoms with E-state index in [2.05, 4.69) is 20.4 Å². The number of H-pyrrole nitrogens is 1. The number of aromatic amines is 1. The Labute approximate surface area is 144 Å². The Morgan fingerprint density at radius 2 is 2.12 bits per heavy atom. The van der Waals surface area contributed by atoms with Crippen LogP contribution in [0.15, 0.2) is 16.7 Å². The number of methoxy groups -OCH3 is 2. The van der Waals surface area contributed by atoms with Crippen molar-refractivity contribution >= 4 is 22.6 Å². The molecule has 0 radical (unpaired) electrons. The second kappa shape index (κ2) is 6.94. The van der Waals surface area contributed by atoms with Crippen LogP contribution in [-0.2, 0) is 22.6 Å². The van der Waals surface area contributed by atoms with Crippen molar-refractivity contribution in [2.24, 2.45) is 0 Å². The van der Waals surface area contributed by atoms with Gasteiger partial charge in [-0.3, -0.25) is 4.79 Å². The largest absolute Gasteiger partial charge is 0.494 e. The van der Waals surface area contributed by atoms with Gasteiger partial charge >= 0.3 is 0 Å². The Balaban J connectivity index is 1.89. The molecule has 0 aliphatic carbocycles. The summed E-state index contributed by atoms with van der Waals surface area (Å²) in [5.74, 6) is 1.75. The summed E-state index contributed by atoms with van der Waals surface area (Å²) in [6.45, 7) is 3.89. The molecule has 0 spiro atoms. The van der Waals surface area contributed by atoms with Crippen molar-refractivity contribution in [2.45, 2.75) is 26.9 Å². The normalized spacial score (nSPS) is 11.0. The SMILES string of the molecule is COCc1nc2c(CC(=O)Nc3c(C)noc3C)ccc(OC)c2[nH]1. The van der Waals surface area contributed by atoms with Crippen LogP contribution in [-0.4, -0.2) is 35.3 Å². The summed E-state index contributed by atoms with van der Waals surface area (Å²) in [5, 5.41) is 6.68. The highest BCUT2D eigenvalue weighted by atomic mass is 16.5. The maximum absolute atomic E-state index is 12.4. The van der Waals surface area contributed by atoms with E-state index >= 15 is 0 Å². The minimum absolute atomic E-state index is 0.168. The number of carbonyl (C=O) groups excluding carboxylic acids is 1. The Kier molecular flexibility index (Phi) is 4.71. The van der Waals surface area contributed by atoms with Gasteiger partial charge in [0.2, 0.25) is 5.91 Å². The average Bonchev–Trinajstić information content (AvgIpc) is 3.14. The highest BCUT2D eigenvalue weighted by molar-refractivity contribution is 5.96. The number of benzene rings is 1. The van der Waals surface area contributed by atoms with E-state index in [1.165, 1.54) is 0 Å². The molecule has 0 fully saturated rings. The summed E-state index contributed by atoms with van der Waals surface area (Å²) >= 11 is 0. The molecule has 2 aromatic heterocycles. The highest BCUT2D eigenvalue weighted by Crippen LogP contribution is 2.27. The van der Waals surface area contributed by atoms with Gasteiger partial charge in [0.1, 0.15) is 35.1 Å². The van der Waals surface area contributed by atoms with Crippen molar-refractivity contribution in [1.29, 1.82) is 0 Å². The summed E-state index contributed by atoms with van der Waals surface area (Å²) in [7, 11) is 3.19. The van der Waals surface area contributed by atoms with Crippen molar-refractivity contribution in [3.8, 4) is 5.75 Å². The number of aryl methyl sites for hydroxylation is 2. The fraction of sp³-hybridized carbons (Fsp3) is 0.353. The fourth-order valence-electron chi connectivity index (χ4n) is 2.71. The van der Waals surface area contributed by atoms with Gasteiger partial charge in [0.25, 0.3) is 0 Å². The van der Waals surface area contributed by atoms with Crippen LogP contribution in [0, 0.1) is 13.8 Å². The van der Waals surface area contributed by atoms with Gasteiger partial charge in [0.05, 0.1) is 19.0 Å². The number of hydrogen-bond donors (Lipinski definition) is 2. The smallest absolute Gasteiger partial charge is 0.229 e. The highest BCUT2D eigenvalue weighted by Gasteiger charge is 2.17. The summed E-state index contributed by atoms with van der Waals surface area (Å²) in [6, 6.07) is 3.65. The predicted molar refractivity (Wildman–Crippen MR) is 91.7 cm³/mol. The lowest BCUT2D eigenvalue weighted by atomic mass is 10.1. The second-order valence-electron chi connectivity index (χ2n) is 5.69. The first-order valence-electron chi connectivity index (χ1n) is 7.79. The minimum Gasteiger partial charge on any atom is -0.494 e. The number of carbonyl (C=O) groups is 1. The second-order valence-corrected chi connectivity index (χ2v) is 5.69. The first-order chi connectivity index (χ1) is 12.0. The predicted octanol–water partition coefficient (Wildman–Crippen LogP) is 2.50. The molecule has 0 bridgehead atoms. The third-order valence-electron chi connectivity index (χ3n) is 3.89. The lowest BCUT2D eigenvalue weighted by Gasteiger charge is -2.07. The maximum Gasteiger partial charge on any atom is 0.229 e. The molecule has 8 nitrogen and oxygen atoms in total. The zero-order valence-corrected chi connectivity index (χ0v) is 14.6. The van der Waals surface area contributed by atoms with Crippen LogP contribution < -0.4 is 10.1 Å². The van der Waals surface area contributed by atoms with Crippen LogP contribution in [0.2, 0.25) is 0 Å². The molecule has 0 atom stereocenters. The quantitative estimate of drug-likeness (QED) is 0.712. The summed E-state index contributed by atoms with van der Waals surface area (Å²) in [6.07, 6.45) is 0.168. The number of rotatable bonds is 6. The van der Waals surface area contributed by atoms with E-state index < -0.39 is 0 Å².